The molecule has 0 aliphatic rings. The van der Waals surface area contributed by atoms with Crippen molar-refractivity contribution in [2.75, 3.05) is 20.6 Å². The zero-order valence-corrected chi connectivity index (χ0v) is 8.77. The van der Waals surface area contributed by atoms with Crippen LogP contribution in [0.1, 0.15) is 27.2 Å². The molecule has 0 aromatic heterocycles. The number of urea groups is 1. The van der Waals surface area contributed by atoms with E-state index in [1.807, 2.05) is 7.05 Å². The van der Waals surface area contributed by atoms with Crippen LogP contribution < -0.4 is 5.32 Å². The molecule has 0 aliphatic carbocycles. The largest absolute Gasteiger partial charge is 0.341 e. The molecule has 0 bridgehead atoms. The van der Waals surface area contributed by atoms with Gasteiger partial charge in [0.1, 0.15) is 0 Å². The van der Waals surface area contributed by atoms with E-state index in [1.54, 1.807) is 11.9 Å². The van der Waals surface area contributed by atoms with E-state index in [-0.39, 0.29) is 6.03 Å². The Kier molecular flexibility index (Phi) is 4.07. The lowest BCUT2D eigenvalue weighted by Gasteiger charge is -2.23. The Balaban J connectivity index is 3.72. The van der Waals surface area contributed by atoms with Crippen LogP contribution in [0.5, 0.6) is 0 Å². The predicted molar refractivity (Wildman–Crippen MR) is 51.2 cm³/mol. The quantitative estimate of drug-likeness (QED) is 0.675. The number of amides is 2. The summed E-state index contributed by atoms with van der Waals surface area (Å²) in [5.41, 5.74) is 0.294. The van der Waals surface area contributed by atoms with E-state index < -0.39 is 0 Å². The molecule has 12 heavy (non-hydrogen) atoms. The summed E-state index contributed by atoms with van der Waals surface area (Å²) in [6, 6.07) is -0.0146. The van der Waals surface area contributed by atoms with Gasteiger partial charge in [-0.25, -0.2) is 4.79 Å². The smallest absolute Gasteiger partial charge is 0.316 e. The van der Waals surface area contributed by atoms with Crippen LogP contribution in [-0.4, -0.2) is 31.6 Å². The molecule has 0 saturated heterocycles. The van der Waals surface area contributed by atoms with Gasteiger partial charge in [-0.05, 0) is 11.8 Å². The fraction of sp³-hybridized carbons (Fsp3) is 0.889. The average molecular weight is 172 g/mol. The highest BCUT2D eigenvalue weighted by atomic mass is 16.2. The molecule has 0 heterocycles. The van der Waals surface area contributed by atoms with Crippen LogP contribution in [0.15, 0.2) is 0 Å². The molecular weight excluding hydrogens is 152 g/mol. The van der Waals surface area contributed by atoms with E-state index in [2.05, 4.69) is 26.1 Å². The van der Waals surface area contributed by atoms with Crippen LogP contribution in [-0.2, 0) is 0 Å². The van der Waals surface area contributed by atoms with Crippen LogP contribution in [0.2, 0.25) is 0 Å². The second-order valence-electron chi connectivity index (χ2n) is 4.29. The highest BCUT2D eigenvalue weighted by molar-refractivity contribution is 5.73. The average Bonchev–Trinajstić information content (AvgIpc) is 1.97. The molecule has 0 radical (unpaired) electrons. The number of carbonyl (C=O) groups is 1. The maximum Gasteiger partial charge on any atom is 0.316 e. The number of hydrogen-bond donors (Lipinski definition) is 1. The Morgan fingerprint density at radius 1 is 1.42 bits per heavy atom. The van der Waals surface area contributed by atoms with Crippen molar-refractivity contribution in [1.82, 2.24) is 10.2 Å². The van der Waals surface area contributed by atoms with Crippen molar-refractivity contribution in [2.45, 2.75) is 27.2 Å². The van der Waals surface area contributed by atoms with Crippen molar-refractivity contribution in [3.8, 4) is 0 Å². The predicted octanol–water partition coefficient (Wildman–Crippen LogP) is 1.69. The van der Waals surface area contributed by atoms with Gasteiger partial charge in [-0.1, -0.05) is 20.8 Å². The summed E-state index contributed by atoms with van der Waals surface area (Å²) < 4.78 is 0. The van der Waals surface area contributed by atoms with Gasteiger partial charge in [0, 0.05) is 20.6 Å². The minimum Gasteiger partial charge on any atom is -0.341 e. The van der Waals surface area contributed by atoms with E-state index in [0.29, 0.717) is 5.41 Å². The van der Waals surface area contributed by atoms with Crippen molar-refractivity contribution in [3.63, 3.8) is 0 Å². The van der Waals surface area contributed by atoms with E-state index >= 15 is 0 Å². The lowest BCUT2D eigenvalue weighted by atomic mass is 9.92. The molecule has 0 aromatic carbocycles. The number of carbonyl (C=O) groups excluding carboxylic acids is 1. The van der Waals surface area contributed by atoms with E-state index in [4.69, 9.17) is 0 Å². The van der Waals surface area contributed by atoms with Gasteiger partial charge in [-0.15, -0.1) is 0 Å². The highest BCUT2D eigenvalue weighted by Crippen LogP contribution is 2.18. The zero-order chi connectivity index (χ0) is 9.78. The van der Waals surface area contributed by atoms with Crippen LogP contribution in [0.4, 0.5) is 4.79 Å². The molecule has 0 aliphatic heterocycles. The minimum absolute atomic E-state index is 0.0146. The Hall–Kier alpha value is -0.730. The molecular formula is C9H20N2O. The molecule has 0 atom stereocenters. The summed E-state index contributed by atoms with van der Waals surface area (Å²) >= 11 is 0. The van der Waals surface area contributed by atoms with Crippen molar-refractivity contribution in [2.24, 2.45) is 5.41 Å². The van der Waals surface area contributed by atoms with Crippen molar-refractivity contribution in [3.05, 3.63) is 0 Å². The number of nitrogens with zero attached hydrogens (tertiary/aromatic N) is 1. The van der Waals surface area contributed by atoms with Gasteiger partial charge in [0.25, 0.3) is 0 Å². The van der Waals surface area contributed by atoms with Crippen LogP contribution in [0, 0.1) is 5.41 Å². The first-order chi connectivity index (χ1) is 5.37. The summed E-state index contributed by atoms with van der Waals surface area (Å²) in [4.78, 5) is 12.7. The van der Waals surface area contributed by atoms with Crippen molar-refractivity contribution >= 4 is 6.03 Å². The SMILES string of the molecule is CNC(=O)N(C)CCC(C)(C)C. The maximum absolute atomic E-state index is 11.0. The first-order valence-corrected chi connectivity index (χ1v) is 4.29. The number of rotatable bonds is 2. The van der Waals surface area contributed by atoms with Crippen LogP contribution in [0.25, 0.3) is 0 Å². The summed E-state index contributed by atoms with van der Waals surface area (Å²) in [6.07, 6.45) is 1.02. The monoisotopic (exact) mass is 172 g/mol. The number of hydrogen-bond acceptors (Lipinski definition) is 1. The molecule has 0 unspecified atom stereocenters. The van der Waals surface area contributed by atoms with Gasteiger partial charge in [-0.3, -0.25) is 0 Å². The molecule has 3 nitrogen and oxygen atoms in total. The summed E-state index contributed by atoms with van der Waals surface area (Å²) in [5, 5.41) is 2.59. The Morgan fingerprint density at radius 3 is 2.25 bits per heavy atom. The van der Waals surface area contributed by atoms with Gasteiger partial charge < -0.3 is 10.2 Å². The van der Waals surface area contributed by atoms with Crippen LogP contribution in [0.3, 0.4) is 0 Å². The molecule has 3 heteroatoms. The third-order valence-corrected chi connectivity index (χ3v) is 1.76. The summed E-state index contributed by atoms with van der Waals surface area (Å²) in [7, 11) is 3.46. The van der Waals surface area contributed by atoms with Crippen molar-refractivity contribution in [1.29, 1.82) is 0 Å². The lowest BCUT2D eigenvalue weighted by molar-refractivity contribution is 0.203. The molecule has 0 aromatic rings. The van der Waals surface area contributed by atoms with E-state index in [0.717, 1.165) is 13.0 Å². The molecule has 1 N–H and O–H groups in total. The summed E-state index contributed by atoms with van der Waals surface area (Å²) in [5.74, 6) is 0. The number of nitrogens with one attached hydrogen (secondary N) is 1. The topological polar surface area (TPSA) is 32.3 Å². The fourth-order valence-electron chi connectivity index (χ4n) is 0.796. The first-order valence-electron chi connectivity index (χ1n) is 4.29. The van der Waals surface area contributed by atoms with Gasteiger partial charge >= 0.3 is 6.03 Å². The second-order valence-corrected chi connectivity index (χ2v) is 4.29. The van der Waals surface area contributed by atoms with Crippen LogP contribution >= 0.6 is 0 Å². The normalized spacial score (nSPS) is 11.1. The van der Waals surface area contributed by atoms with Crippen molar-refractivity contribution < 1.29 is 4.79 Å². The first kappa shape index (κ1) is 11.3. The van der Waals surface area contributed by atoms with E-state index in [1.165, 1.54) is 0 Å². The van der Waals surface area contributed by atoms with Gasteiger partial charge in [0.2, 0.25) is 0 Å². The molecule has 0 fully saturated rings. The van der Waals surface area contributed by atoms with Gasteiger partial charge in [0.05, 0.1) is 0 Å². The molecule has 0 spiro atoms. The second kappa shape index (κ2) is 4.33. The standard InChI is InChI=1S/C9H20N2O/c1-9(2,3)6-7-11(5)8(12)10-4/h6-7H2,1-5H3,(H,10,12). The highest BCUT2D eigenvalue weighted by Gasteiger charge is 2.13. The molecule has 72 valence electrons. The van der Waals surface area contributed by atoms with Gasteiger partial charge in [-0.2, -0.15) is 0 Å². The Bertz CT molecular complexity index is 149. The zero-order valence-electron chi connectivity index (χ0n) is 8.77. The summed E-state index contributed by atoms with van der Waals surface area (Å²) in [6.45, 7) is 7.32. The third-order valence-electron chi connectivity index (χ3n) is 1.76. The maximum atomic E-state index is 11.0. The molecule has 2 amide bonds. The Labute approximate surface area is 75.1 Å². The minimum atomic E-state index is -0.0146. The molecule has 0 saturated carbocycles. The molecule has 0 rings (SSSR count). The lowest BCUT2D eigenvalue weighted by Crippen LogP contribution is -2.36. The third kappa shape index (κ3) is 4.99. The Morgan fingerprint density at radius 2 is 1.92 bits per heavy atom. The van der Waals surface area contributed by atoms with E-state index in [9.17, 15) is 4.79 Å². The van der Waals surface area contributed by atoms with Gasteiger partial charge in [0.15, 0.2) is 0 Å². The fourth-order valence-corrected chi connectivity index (χ4v) is 0.796.